The van der Waals surface area contributed by atoms with Gasteiger partial charge in [0.1, 0.15) is 11.4 Å². The minimum atomic E-state index is -4.56. The van der Waals surface area contributed by atoms with Crippen molar-refractivity contribution in [2.45, 2.75) is 6.18 Å². The summed E-state index contributed by atoms with van der Waals surface area (Å²) in [4.78, 5) is 3.88. The Labute approximate surface area is 173 Å². The van der Waals surface area contributed by atoms with Crippen molar-refractivity contribution in [1.29, 1.82) is 0 Å². The lowest BCUT2D eigenvalue weighted by Crippen LogP contribution is -2.13. The van der Waals surface area contributed by atoms with Gasteiger partial charge in [-0.25, -0.2) is 0 Å². The molecule has 0 aliphatic heterocycles. The first kappa shape index (κ1) is 20.5. The third kappa shape index (κ3) is 4.76. The number of pyridine rings is 1. The van der Waals surface area contributed by atoms with Crippen LogP contribution in [0.3, 0.4) is 0 Å². The van der Waals surface area contributed by atoms with Crippen LogP contribution in [-0.2, 0) is 6.18 Å². The highest BCUT2D eigenvalue weighted by atomic mass is 35.5. The summed E-state index contributed by atoms with van der Waals surface area (Å²) >= 11 is 18.3. The van der Waals surface area contributed by atoms with E-state index in [0.717, 1.165) is 6.07 Å². The predicted octanol–water partition coefficient (Wildman–Crippen LogP) is 6.93. The van der Waals surface area contributed by atoms with Gasteiger partial charge in [0.15, 0.2) is 0 Å². The van der Waals surface area contributed by atoms with Crippen molar-refractivity contribution in [3.05, 3.63) is 92.7 Å². The quantitative estimate of drug-likeness (QED) is 0.350. The summed E-state index contributed by atoms with van der Waals surface area (Å²) in [6.45, 7) is 0. The molecule has 1 N–H and O–H groups in total. The van der Waals surface area contributed by atoms with Gasteiger partial charge in [0.05, 0.1) is 21.3 Å². The maximum atomic E-state index is 12.9. The molecule has 1 aromatic heterocycles. The smallest absolute Gasteiger partial charge is 0.278 e. The second-order valence-corrected chi connectivity index (χ2v) is 6.87. The number of para-hydroxylation sites is 1. The van der Waals surface area contributed by atoms with Crippen LogP contribution < -0.4 is 5.43 Å². The molecule has 3 nitrogen and oxygen atoms in total. The van der Waals surface area contributed by atoms with Crippen molar-refractivity contribution >= 4 is 46.2 Å². The van der Waals surface area contributed by atoms with E-state index in [1.165, 1.54) is 6.07 Å². The molecular formula is C19H11Cl3F3N3. The van der Waals surface area contributed by atoms with Crippen LogP contribution in [0.1, 0.15) is 16.8 Å². The second-order valence-electron chi connectivity index (χ2n) is 5.61. The standard InChI is InChI=1S/C19H11Cl3F3N3/c20-12-6-7-14(15(21)9-12)17(28-27-13-4-2-1-3-5-13)18-16(22)8-11(10-26-18)19(23,24)25/h1-10,27H. The summed E-state index contributed by atoms with van der Waals surface area (Å²) < 4.78 is 38.8. The molecule has 0 radical (unpaired) electrons. The van der Waals surface area contributed by atoms with Gasteiger partial charge in [0.25, 0.3) is 0 Å². The minimum Gasteiger partial charge on any atom is -0.278 e. The average Bonchev–Trinajstić information content (AvgIpc) is 2.64. The molecule has 0 fully saturated rings. The van der Waals surface area contributed by atoms with Crippen molar-refractivity contribution in [3.8, 4) is 0 Å². The van der Waals surface area contributed by atoms with Crippen LogP contribution >= 0.6 is 34.8 Å². The largest absolute Gasteiger partial charge is 0.417 e. The van der Waals surface area contributed by atoms with Crippen molar-refractivity contribution < 1.29 is 13.2 Å². The Bertz CT molecular complexity index is 1020. The second kappa shape index (κ2) is 8.39. The molecule has 3 aromatic rings. The van der Waals surface area contributed by atoms with Crippen LogP contribution in [-0.4, -0.2) is 10.7 Å². The van der Waals surface area contributed by atoms with Gasteiger partial charge in [-0.15, -0.1) is 0 Å². The number of alkyl halides is 3. The number of halogens is 6. The predicted molar refractivity (Wildman–Crippen MR) is 106 cm³/mol. The van der Waals surface area contributed by atoms with E-state index >= 15 is 0 Å². The first-order chi connectivity index (χ1) is 13.3. The molecule has 28 heavy (non-hydrogen) atoms. The molecule has 9 heteroatoms. The van der Waals surface area contributed by atoms with Crippen LogP contribution in [0.15, 0.2) is 65.9 Å². The van der Waals surface area contributed by atoms with Crippen LogP contribution in [0.25, 0.3) is 0 Å². The molecule has 0 amide bonds. The highest BCUT2D eigenvalue weighted by molar-refractivity contribution is 6.39. The molecule has 0 spiro atoms. The highest BCUT2D eigenvalue weighted by Crippen LogP contribution is 2.32. The lowest BCUT2D eigenvalue weighted by atomic mass is 10.1. The molecule has 1 heterocycles. The Morgan fingerprint density at radius 1 is 0.929 bits per heavy atom. The minimum absolute atomic E-state index is 0.0438. The van der Waals surface area contributed by atoms with Crippen LogP contribution in [0, 0.1) is 0 Å². The van der Waals surface area contributed by atoms with Gasteiger partial charge in [-0.1, -0.05) is 53.0 Å². The van der Waals surface area contributed by atoms with E-state index in [4.69, 9.17) is 34.8 Å². The number of nitrogens with zero attached hydrogens (tertiary/aromatic N) is 2. The Hall–Kier alpha value is -2.28. The summed E-state index contributed by atoms with van der Waals surface area (Å²) in [7, 11) is 0. The van der Waals surface area contributed by atoms with Crippen molar-refractivity contribution in [3.63, 3.8) is 0 Å². The number of hydrogen-bond acceptors (Lipinski definition) is 3. The third-order valence-corrected chi connectivity index (χ3v) is 4.49. The van der Waals surface area contributed by atoms with E-state index in [9.17, 15) is 13.2 Å². The summed E-state index contributed by atoms with van der Waals surface area (Å²) in [5, 5.41) is 4.72. The molecule has 0 aliphatic rings. The fourth-order valence-electron chi connectivity index (χ4n) is 2.32. The SMILES string of the molecule is FC(F)(F)c1cnc(C(=NNc2ccccc2)c2ccc(Cl)cc2Cl)c(Cl)c1. The van der Waals surface area contributed by atoms with Crippen LogP contribution in [0.5, 0.6) is 0 Å². The molecule has 0 unspecified atom stereocenters. The average molecular weight is 445 g/mol. The molecule has 0 atom stereocenters. The van der Waals surface area contributed by atoms with Crippen LogP contribution in [0.4, 0.5) is 18.9 Å². The van der Waals surface area contributed by atoms with Gasteiger partial charge in [-0.05, 0) is 36.4 Å². The number of benzene rings is 2. The first-order valence-corrected chi connectivity index (χ1v) is 8.96. The van der Waals surface area contributed by atoms with Gasteiger partial charge >= 0.3 is 6.18 Å². The molecule has 0 saturated heterocycles. The van der Waals surface area contributed by atoms with E-state index in [1.807, 2.05) is 6.07 Å². The van der Waals surface area contributed by atoms with E-state index in [1.54, 1.807) is 36.4 Å². The molecule has 0 bridgehead atoms. The van der Waals surface area contributed by atoms with Crippen molar-refractivity contribution in [2.24, 2.45) is 5.10 Å². The number of nitrogens with one attached hydrogen (secondary N) is 1. The zero-order chi connectivity index (χ0) is 20.3. The zero-order valence-electron chi connectivity index (χ0n) is 13.9. The zero-order valence-corrected chi connectivity index (χ0v) is 16.2. The number of aromatic nitrogens is 1. The summed E-state index contributed by atoms with van der Waals surface area (Å²) in [6.07, 6.45) is -3.87. The lowest BCUT2D eigenvalue weighted by molar-refractivity contribution is -0.137. The van der Waals surface area contributed by atoms with Crippen molar-refractivity contribution in [2.75, 3.05) is 5.43 Å². The lowest BCUT2D eigenvalue weighted by Gasteiger charge is -2.13. The summed E-state index contributed by atoms with van der Waals surface area (Å²) in [5.41, 5.74) is 3.15. The van der Waals surface area contributed by atoms with Gasteiger partial charge in [0, 0.05) is 16.8 Å². The summed E-state index contributed by atoms with van der Waals surface area (Å²) in [5.74, 6) is 0. The van der Waals surface area contributed by atoms with Gasteiger partial charge in [-0.3, -0.25) is 10.4 Å². The maximum absolute atomic E-state index is 12.9. The third-order valence-electron chi connectivity index (χ3n) is 3.65. The monoisotopic (exact) mass is 443 g/mol. The fraction of sp³-hybridized carbons (Fsp3) is 0.0526. The molecule has 3 rings (SSSR count). The Morgan fingerprint density at radius 2 is 1.64 bits per heavy atom. The van der Waals surface area contributed by atoms with Crippen LogP contribution in [0.2, 0.25) is 15.1 Å². The molecule has 0 aliphatic carbocycles. The van der Waals surface area contributed by atoms with E-state index < -0.39 is 11.7 Å². The maximum Gasteiger partial charge on any atom is 0.417 e. The normalized spacial score (nSPS) is 12.1. The van der Waals surface area contributed by atoms with Gasteiger partial charge in [-0.2, -0.15) is 18.3 Å². The van der Waals surface area contributed by atoms with Gasteiger partial charge in [0.2, 0.25) is 0 Å². The topological polar surface area (TPSA) is 37.3 Å². The fourth-order valence-corrected chi connectivity index (χ4v) is 3.08. The summed E-state index contributed by atoms with van der Waals surface area (Å²) in [6, 6.07) is 14.4. The first-order valence-electron chi connectivity index (χ1n) is 7.83. The van der Waals surface area contributed by atoms with E-state index in [-0.39, 0.29) is 21.5 Å². The number of anilines is 1. The molecular weight excluding hydrogens is 434 g/mol. The Morgan fingerprint density at radius 3 is 2.25 bits per heavy atom. The molecule has 2 aromatic carbocycles. The highest BCUT2D eigenvalue weighted by Gasteiger charge is 2.32. The number of hydrogen-bond donors (Lipinski definition) is 1. The van der Waals surface area contributed by atoms with E-state index in [2.05, 4.69) is 15.5 Å². The van der Waals surface area contributed by atoms with Gasteiger partial charge < -0.3 is 0 Å². The van der Waals surface area contributed by atoms with E-state index in [0.29, 0.717) is 22.5 Å². The molecule has 144 valence electrons. The Balaban J connectivity index is 2.11. The number of hydrazone groups is 1. The number of rotatable bonds is 4. The Kier molecular flexibility index (Phi) is 6.13. The van der Waals surface area contributed by atoms with Crippen molar-refractivity contribution in [1.82, 2.24) is 4.98 Å². The molecule has 0 saturated carbocycles.